The molecule has 2 aromatic carbocycles. The van der Waals surface area contributed by atoms with Crippen LogP contribution in [0, 0.1) is 18.6 Å². The number of allylic oxidation sites excluding steroid dienone is 2. The van der Waals surface area contributed by atoms with Crippen molar-refractivity contribution in [2.24, 2.45) is 5.14 Å². The lowest BCUT2D eigenvalue weighted by Crippen LogP contribution is -2.15. The molecular formula is C18H17F2NO2S. The van der Waals surface area contributed by atoms with E-state index in [0.29, 0.717) is 12.5 Å². The quantitative estimate of drug-likeness (QED) is 0.910. The topological polar surface area (TPSA) is 60.2 Å². The predicted molar refractivity (Wildman–Crippen MR) is 89.6 cm³/mol. The van der Waals surface area contributed by atoms with Crippen molar-refractivity contribution in [3.63, 3.8) is 0 Å². The molecule has 0 amide bonds. The fourth-order valence-electron chi connectivity index (χ4n) is 3.09. The van der Waals surface area contributed by atoms with E-state index in [4.69, 9.17) is 5.14 Å². The van der Waals surface area contributed by atoms with Crippen LogP contribution < -0.4 is 5.14 Å². The summed E-state index contributed by atoms with van der Waals surface area (Å²) in [4.78, 5) is -0.820. The van der Waals surface area contributed by atoms with Crippen molar-refractivity contribution in [2.75, 3.05) is 0 Å². The zero-order valence-corrected chi connectivity index (χ0v) is 14.0. The van der Waals surface area contributed by atoms with Crippen molar-refractivity contribution < 1.29 is 17.2 Å². The van der Waals surface area contributed by atoms with Crippen LogP contribution in [0.1, 0.15) is 36.0 Å². The first-order chi connectivity index (χ1) is 11.3. The highest BCUT2D eigenvalue weighted by Crippen LogP contribution is 2.41. The fourth-order valence-corrected chi connectivity index (χ4v) is 3.69. The SMILES string of the molecule is Cc1ccc(C2=C(c3cc(F)c(S(N)(=O)=O)cc3F)CCC2)cc1. The van der Waals surface area contributed by atoms with Gasteiger partial charge in [0.15, 0.2) is 0 Å². The first-order valence-electron chi connectivity index (χ1n) is 7.58. The minimum absolute atomic E-state index is 0.105. The van der Waals surface area contributed by atoms with Crippen LogP contribution in [0.5, 0.6) is 0 Å². The summed E-state index contributed by atoms with van der Waals surface area (Å²) in [6, 6.07) is 9.46. The van der Waals surface area contributed by atoms with Crippen molar-refractivity contribution >= 4 is 21.2 Å². The van der Waals surface area contributed by atoms with E-state index in [1.807, 2.05) is 31.2 Å². The van der Waals surface area contributed by atoms with Gasteiger partial charge in [-0.15, -0.1) is 0 Å². The normalized spacial score (nSPS) is 15.2. The number of benzene rings is 2. The summed E-state index contributed by atoms with van der Waals surface area (Å²) in [6.07, 6.45) is 2.24. The number of rotatable bonds is 3. The molecule has 0 fully saturated rings. The third-order valence-electron chi connectivity index (χ3n) is 4.27. The summed E-state index contributed by atoms with van der Waals surface area (Å²) in [6.45, 7) is 1.98. The maximum absolute atomic E-state index is 14.4. The first-order valence-corrected chi connectivity index (χ1v) is 9.13. The Kier molecular flexibility index (Phi) is 4.27. The van der Waals surface area contributed by atoms with E-state index in [-0.39, 0.29) is 5.56 Å². The maximum Gasteiger partial charge on any atom is 0.241 e. The van der Waals surface area contributed by atoms with E-state index in [1.165, 1.54) is 0 Å². The smallest absolute Gasteiger partial charge is 0.225 e. The van der Waals surface area contributed by atoms with Gasteiger partial charge in [0.05, 0.1) is 0 Å². The minimum Gasteiger partial charge on any atom is -0.225 e. The van der Waals surface area contributed by atoms with E-state index in [2.05, 4.69) is 0 Å². The molecule has 6 heteroatoms. The lowest BCUT2D eigenvalue weighted by molar-refractivity contribution is 0.552. The van der Waals surface area contributed by atoms with Gasteiger partial charge in [-0.25, -0.2) is 22.3 Å². The fraction of sp³-hybridized carbons (Fsp3) is 0.222. The zero-order chi connectivity index (χ0) is 17.5. The summed E-state index contributed by atoms with van der Waals surface area (Å²) in [5.74, 6) is -1.81. The van der Waals surface area contributed by atoms with Crippen LogP contribution in [0.3, 0.4) is 0 Å². The van der Waals surface area contributed by atoms with Gasteiger partial charge in [-0.1, -0.05) is 29.8 Å². The van der Waals surface area contributed by atoms with Gasteiger partial charge in [0, 0.05) is 5.56 Å². The van der Waals surface area contributed by atoms with Crippen LogP contribution >= 0.6 is 0 Å². The summed E-state index contributed by atoms with van der Waals surface area (Å²) >= 11 is 0. The lowest BCUT2D eigenvalue weighted by atomic mass is 9.96. The second-order valence-corrected chi connectivity index (χ2v) is 7.51. The predicted octanol–water partition coefficient (Wildman–Crippen LogP) is 4.02. The highest BCUT2D eigenvalue weighted by molar-refractivity contribution is 7.89. The van der Waals surface area contributed by atoms with Crippen LogP contribution in [-0.2, 0) is 10.0 Å². The summed E-state index contributed by atoms with van der Waals surface area (Å²) in [7, 11) is -4.30. The molecule has 2 N–H and O–H groups in total. The van der Waals surface area contributed by atoms with E-state index >= 15 is 0 Å². The largest absolute Gasteiger partial charge is 0.241 e. The summed E-state index contributed by atoms with van der Waals surface area (Å²) < 4.78 is 51.2. The molecule has 0 radical (unpaired) electrons. The third-order valence-corrected chi connectivity index (χ3v) is 5.20. The Labute approximate surface area is 139 Å². The number of hydrogen-bond acceptors (Lipinski definition) is 2. The van der Waals surface area contributed by atoms with Gasteiger partial charge in [0.25, 0.3) is 0 Å². The lowest BCUT2D eigenvalue weighted by Gasteiger charge is -2.11. The number of halogens is 2. The molecule has 1 aliphatic carbocycles. The van der Waals surface area contributed by atoms with Crippen LogP contribution in [-0.4, -0.2) is 8.42 Å². The zero-order valence-electron chi connectivity index (χ0n) is 13.1. The molecule has 24 heavy (non-hydrogen) atoms. The van der Waals surface area contributed by atoms with Crippen molar-refractivity contribution in [3.8, 4) is 0 Å². The molecule has 2 aromatic rings. The second kappa shape index (κ2) is 6.11. The summed E-state index contributed by atoms with van der Waals surface area (Å²) in [5, 5.41) is 4.92. The molecule has 0 saturated heterocycles. The van der Waals surface area contributed by atoms with Gasteiger partial charge < -0.3 is 0 Å². The second-order valence-electron chi connectivity index (χ2n) is 5.98. The van der Waals surface area contributed by atoms with E-state index in [0.717, 1.165) is 41.2 Å². The molecule has 0 heterocycles. The van der Waals surface area contributed by atoms with Gasteiger partial charge >= 0.3 is 0 Å². The van der Waals surface area contributed by atoms with E-state index < -0.39 is 26.6 Å². The number of aryl methyl sites for hydroxylation is 1. The Balaban J connectivity index is 2.15. The molecular weight excluding hydrogens is 332 g/mol. The Bertz CT molecular complexity index is 932. The van der Waals surface area contributed by atoms with E-state index in [9.17, 15) is 17.2 Å². The van der Waals surface area contributed by atoms with Crippen molar-refractivity contribution in [2.45, 2.75) is 31.1 Å². The van der Waals surface area contributed by atoms with Crippen LogP contribution in [0.4, 0.5) is 8.78 Å². The third kappa shape index (κ3) is 3.12. The Hall–Kier alpha value is -2.05. The van der Waals surface area contributed by atoms with E-state index in [1.54, 1.807) is 0 Å². The van der Waals surface area contributed by atoms with Crippen molar-refractivity contribution in [3.05, 3.63) is 64.7 Å². The number of primary sulfonamides is 1. The molecule has 0 unspecified atom stereocenters. The molecule has 0 spiro atoms. The van der Waals surface area contributed by atoms with Gasteiger partial charge in [-0.2, -0.15) is 0 Å². The van der Waals surface area contributed by atoms with Crippen LogP contribution in [0.2, 0.25) is 0 Å². The van der Waals surface area contributed by atoms with Crippen molar-refractivity contribution in [1.29, 1.82) is 0 Å². The Morgan fingerprint density at radius 3 is 2.21 bits per heavy atom. The minimum atomic E-state index is -4.30. The monoisotopic (exact) mass is 349 g/mol. The molecule has 0 saturated carbocycles. The maximum atomic E-state index is 14.4. The van der Waals surface area contributed by atoms with Gasteiger partial charge in [-0.3, -0.25) is 0 Å². The molecule has 1 aliphatic rings. The molecule has 3 nitrogen and oxygen atoms in total. The average Bonchev–Trinajstić information content (AvgIpc) is 2.98. The molecule has 0 aromatic heterocycles. The van der Waals surface area contributed by atoms with Gasteiger partial charge in [-0.05, 0) is 55.0 Å². The number of nitrogens with two attached hydrogens (primary N) is 1. The molecule has 126 valence electrons. The van der Waals surface area contributed by atoms with Gasteiger partial charge in [0.1, 0.15) is 16.5 Å². The number of sulfonamides is 1. The number of hydrogen-bond donors (Lipinski definition) is 1. The standard InChI is InChI=1S/C18H17F2NO2S/c1-11-5-7-12(8-6-11)13-3-2-4-14(13)15-9-17(20)18(10-16(15)19)24(21,22)23/h5-10H,2-4H2,1H3,(H2,21,22,23). The molecule has 0 bridgehead atoms. The van der Waals surface area contributed by atoms with Crippen LogP contribution in [0.15, 0.2) is 41.3 Å². The molecule has 3 rings (SSSR count). The summed E-state index contributed by atoms with van der Waals surface area (Å²) in [5.41, 5.74) is 3.89. The average molecular weight is 349 g/mol. The molecule has 0 aliphatic heterocycles. The van der Waals surface area contributed by atoms with Crippen molar-refractivity contribution in [1.82, 2.24) is 0 Å². The Morgan fingerprint density at radius 2 is 1.58 bits per heavy atom. The van der Waals surface area contributed by atoms with Gasteiger partial charge in [0.2, 0.25) is 10.0 Å². The highest BCUT2D eigenvalue weighted by Gasteiger charge is 2.24. The van der Waals surface area contributed by atoms with Crippen LogP contribution in [0.25, 0.3) is 11.1 Å². The highest BCUT2D eigenvalue weighted by atomic mass is 32.2. The Morgan fingerprint density at radius 1 is 0.958 bits per heavy atom. The molecule has 0 atom stereocenters. The first kappa shape index (κ1) is 16.8.